The SMILES string of the molecule is O=C(O)CCCN1C(=O)/C(=C/c2ccccc2OCC(=O)O)SC1=S. The zero-order chi connectivity index (χ0) is 18.4. The standard InChI is InChI=1S/C16H15NO6S2/c18-13(19)6-3-7-17-15(22)12(25-16(17)24)8-10-4-1-2-5-11(10)23-9-14(20)21/h1-2,4-5,8H,3,6-7,9H2,(H,18,19)(H,20,21)/b12-8-. The molecule has 1 heterocycles. The van der Waals surface area contributed by atoms with Gasteiger partial charge in [-0.1, -0.05) is 42.2 Å². The molecule has 1 fully saturated rings. The molecule has 1 aromatic carbocycles. The second-order valence-electron chi connectivity index (χ2n) is 5.05. The lowest BCUT2D eigenvalue weighted by molar-refractivity contribution is -0.139. The molecule has 2 N–H and O–H groups in total. The largest absolute Gasteiger partial charge is 0.481 e. The minimum atomic E-state index is -1.10. The van der Waals surface area contributed by atoms with E-state index in [0.29, 0.717) is 27.0 Å². The van der Waals surface area contributed by atoms with Crippen LogP contribution < -0.4 is 4.74 Å². The summed E-state index contributed by atoms with van der Waals surface area (Å²) in [6, 6.07) is 6.76. The summed E-state index contributed by atoms with van der Waals surface area (Å²) < 4.78 is 5.58. The Morgan fingerprint density at radius 3 is 2.64 bits per heavy atom. The van der Waals surface area contributed by atoms with E-state index < -0.39 is 18.5 Å². The number of nitrogens with zero attached hydrogens (tertiary/aromatic N) is 1. The van der Waals surface area contributed by atoms with E-state index in [1.54, 1.807) is 30.3 Å². The van der Waals surface area contributed by atoms with Gasteiger partial charge < -0.3 is 14.9 Å². The molecular formula is C16H15NO6S2. The van der Waals surface area contributed by atoms with Crippen LogP contribution in [-0.4, -0.2) is 50.4 Å². The average molecular weight is 381 g/mol. The Morgan fingerprint density at radius 2 is 1.96 bits per heavy atom. The van der Waals surface area contributed by atoms with Gasteiger partial charge in [0, 0.05) is 18.5 Å². The van der Waals surface area contributed by atoms with Gasteiger partial charge in [-0.15, -0.1) is 0 Å². The number of thioether (sulfide) groups is 1. The highest BCUT2D eigenvalue weighted by Crippen LogP contribution is 2.34. The third kappa shape index (κ3) is 5.30. The van der Waals surface area contributed by atoms with Crippen molar-refractivity contribution >= 4 is 52.2 Å². The van der Waals surface area contributed by atoms with Crippen molar-refractivity contribution in [1.82, 2.24) is 4.90 Å². The summed E-state index contributed by atoms with van der Waals surface area (Å²) in [5, 5.41) is 17.4. The predicted octanol–water partition coefficient (Wildman–Crippen LogP) is 2.22. The normalized spacial score (nSPS) is 15.7. The Balaban J connectivity index is 2.13. The number of carbonyl (C=O) groups is 3. The lowest BCUT2D eigenvalue weighted by Crippen LogP contribution is -2.29. The topological polar surface area (TPSA) is 104 Å². The van der Waals surface area contributed by atoms with Crippen LogP contribution in [0.25, 0.3) is 6.08 Å². The number of para-hydroxylation sites is 1. The molecule has 25 heavy (non-hydrogen) atoms. The first-order valence-corrected chi connectivity index (χ1v) is 8.51. The van der Waals surface area contributed by atoms with Gasteiger partial charge in [-0.2, -0.15) is 0 Å². The van der Waals surface area contributed by atoms with Gasteiger partial charge in [-0.3, -0.25) is 14.5 Å². The number of aliphatic carboxylic acids is 2. The highest BCUT2D eigenvalue weighted by molar-refractivity contribution is 8.26. The van der Waals surface area contributed by atoms with Crippen LogP contribution in [0.1, 0.15) is 18.4 Å². The van der Waals surface area contributed by atoms with Gasteiger partial charge in [0.1, 0.15) is 10.1 Å². The highest BCUT2D eigenvalue weighted by Gasteiger charge is 2.31. The molecule has 0 atom stereocenters. The molecule has 0 saturated carbocycles. The van der Waals surface area contributed by atoms with Crippen molar-refractivity contribution in [2.24, 2.45) is 0 Å². The molecule has 1 aromatic rings. The van der Waals surface area contributed by atoms with Gasteiger partial charge in [-0.25, -0.2) is 4.79 Å². The Morgan fingerprint density at radius 1 is 1.24 bits per heavy atom. The van der Waals surface area contributed by atoms with E-state index in [2.05, 4.69) is 0 Å². The zero-order valence-electron chi connectivity index (χ0n) is 13.0. The second kappa shape index (κ2) is 8.63. The Bertz CT molecular complexity index is 746. The van der Waals surface area contributed by atoms with Crippen molar-refractivity contribution < 1.29 is 29.3 Å². The van der Waals surface area contributed by atoms with Crippen molar-refractivity contribution in [2.75, 3.05) is 13.2 Å². The quantitative estimate of drug-likeness (QED) is 0.522. The fourth-order valence-electron chi connectivity index (χ4n) is 2.09. The van der Waals surface area contributed by atoms with Crippen LogP contribution in [0.5, 0.6) is 5.75 Å². The summed E-state index contributed by atoms with van der Waals surface area (Å²) in [5.74, 6) is -1.97. The van der Waals surface area contributed by atoms with E-state index in [0.717, 1.165) is 11.8 Å². The number of carboxylic acids is 2. The molecule has 1 saturated heterocycles. The molecule has 0 bridgehead atoms. The molecule has 1 amide bonds. The van der Waals surface area contributed by atoms with Crippen molar-refractivity contribution in [2.45, 2.75) is 12.8 Å². The van der Waals surface area contributed by atoms with Gasteiger partial charge in [0.2, 0.25) is 0 Å². The zero-order valence-corrected chi connectivity index (χ0v) is 14.6. The molecule has 2 rings (SSSR count). The Labute approximate surface area is 153 Å². The highest BCUT2D eigenvalue weighted by atomic mass is 32.2. The predicted molar refractivity (Wildman–Crippen MR) is 96.3 cm³/mol. The maximum Gasteiger partial charge on any atom is 0.341 e. The van der Waals surface area contributed by atoms with Crippen LogP contribution in [0.4, 0.5) is 0 Å². The lowest BCUT2D eigenvalue weighted by atomic mass is 10.2. The average Bonchev–Trinajstić information content (AvgIpc) is 2.81. The third-order valence-corrected chi connectivity index (χ3v) is 4.58. The van der Waals surface area contributed by atoms with Gasteiger partial charge in [0.15, 0.2) is 6.61 Å². The van der Waals surface area contributed by atoms with Crippen LogP contribution in [0.15, 0.2) is 29.2 Å². The third-order valence-electron chi connectivity index (χ3n) is 3.20. The van der Waals surface area contributed by atoms with Crippen molar-refractivity contribution in [3.05, 3.63) is 34.7 Å². The number of carboxylic acid groups (broad SMARTS) is 2. The smallest absolute Gasteiger partial charge is 0.341 e. The van der Waals surface area contributed by atoms with Crippen LogP contribution in [0, 0.1) is 0 Å². The maximum atomic E-state index is 12.4. The van der Waals surface area contributed by atoms with Crippen molar-refractivity contribution in [3.8, 4) is 5.75 Å². The summed E-state index contributed by atoms with van der Waals surface area (Å²) in [4.78, 5) is 35.4. The lowest BCUT2D eigenvalue weighted by Gasteiger charge is -2.13. The summed E-state index contributed by atoms with van der Waals surface area (Å²) in [5.41, 5.74) is 0.565. The molecule has 0 unspecified atom stereocenters. The fraction of sp³-hybridized carbons (Fsp3) is 0.250. The van der Waals surface area contributed by atoms with Crippen LogP contribution in [-0.2, 0) is 14.4 Å². The van der Waals surface area contributed by atoms with Crippen LogP contribution in [0.2, 0.25) is 0 Å². The molecule has 132 valence electrons. The first-order valence-electron chi connectivity index (χ1n) is 7.29. The van der Waals surface area contributed by atoms with Crippen LogP contribution >= 0.6 is 24.0 Å². The number of carbonyl (C=O) groups excluding carboxylic acids is 1. The first kappa shape index (κ1) is 18.9. The number of hydrogen-bond donors (Lipinski definition) is 2. The maximum absolute atomic E-state index is 12.4. The molecule has 9 heteroatoms. The molecule has 0 radical (unpaired) electrons. The summed E-state index contributed by atoms with van der Waals surface area (Å²) >= 11 is 6.30. The Kier molecular flexibility index (Phi) is 6.54. The van der Waals surface area contributed by atoms with E-state index in [-0.39, 0.29) is 18.9 Å². The number of hydrogen-bond acceptors (Lipinski definition) is 6. The minimum Gasteiger partial charge on any atom is -0.481 e. The van der Waals surface area contributed by atoms with E-state index in [4.69, 9.17) is 27.2 Å². The molecular weight excluding hydrogens is 366 g/mol. The molecule has 0 aromatic heterocycles. The van der Waals surface area contributed by atoms with Crippen molar-refractivity contribution in [1.29, 1.82) is 0 Å². The van der Waals surface area contributed by atoms with E-state index in [1.807, 2.05) is 0 Å². The fourth-order valence-corrected chi connectivity index (χ4v) is 3.39. The second-order valence-corrected chi connectivity index (χ2v) is 6.73. The van der Waals surface area contributed by atoms with Crippen LogP contribution in [0.3, 0.4) is 0 Å². The number of rotatable bonds is 8. The molecule has 1 aliphatic heterocycles. The number of amides is 1. The molecule has 1 aliphatic rings. The monoisotopic (exact) mass is 381 g/mol. The van der Waals surface area contributed by atoms with Crippen molar-refractivity contribution in [3.63, 3.8) is 0 Å². The number of benzene rings is 1. The van der Waals surface area contributed by atoms with Gasteiger partial charge in [0.05, 0.1) is 4.91 Å². The number of thiocarbonyl (C=S) groups is 1. The van der Waals surface area contributed by atoms with Gasteiger partial charge in [-0.05, 0) is 18.6 Å². The summed E-state index contributed by atoms with van der Waals surface area (Å²) in [6.45, 7) is -0.244. The van der Waals surface area contributed by atoms with E-state index in [9.17, 15) is 14.4 Å². The Hall–Kier alpha value is -2.39. The van der Waals surface area contributed by atoms with Gasteiger partial charge >= 0.3 is 11.9 Å². The molecule has 0 aliphatic carbocycles. The molecule has 7 nitrogen and oxygen atoms in total. The number of ether oxygens (including phenoxy) is 1. The minimum absolute atomic E-state index is 0.0397. The summed E-state index contributed by atoms with van der Waals surface area (Å²) in [7, 11) is 0. The van der Waals surface area contributed by atoms with Gasteiger partial charge in [0.25, 0.3) is 5.91 Å². The first-order chi connectivity index (χ1) is 11.9. The van der Waals surface area contributed by atoms with E-state index >= 15 is 0 Å². The van der Waals surface area contributed by atoms with E-state index in [1.165, 1.54) is 4.90 Å². The summed E-state index contributed by atoms with van der Waals surface area (Å²) in [6.07, 6.45) is 1.86. The molecule has 0 spiro atoms.